The quantitative estimate of drug-likeness (QED) is 0.403. The van der Waals surface area contributed by atoms with Crippen molar-refractivity contribution in [1.82, 2.24) is 0 Å². The van der Waals surface area contributed by atoms with E-state index in [1.165, 1.54) is 12.8 Å². The molecule has 0 aromatic heterocycles. The van der Waals surface area contributed by atoms with E-state index in [0.29, 0.717) is 12.0 Å². The summed E-state index contributed by atoms with van der Waals surface area (Å²) < 4.78 is 5.09. The molecule has 92 valence electrons. The van der Waals surface area contributed by atoms with Crippen LogP contribution >= 0.6 is 0 Å². The summed E-state index contributed by atoms with van der Waals surface area (Å²) >= 11 is 0. The lowest BCUT2D eigenvalue weighted by atomic mass is 10.1. The molecular formula is C15H20O2. The van der Waals surface area contributed by atoms with E-state index in [4.69, 9.17) is 4.74 Å². The van der Waals surface area contributed by atoms with Crippen LogP contribution in [0.2, 0.25) is 0 Å². The van der Waals surface area contributed by atoms with Crippen molar-refractivity contribution in [2.45, 2.75) is 32.6 Å². The lowest BCUT2D eigenvalue weighted by Crippen LogP contribution is -1.97. The highest BCUT2D eigenvalue weighted by molar-refractivity contribution is 5.97. The zero-order valence-electron chi connectivity index (χ0n) is 10.6. The molecule has 0 heterocycles. The number of hydrogen-bond acceptors (Lipinski definition) is 2. The Labute approximate surface area is 103 Å². The van der Waals surface area contributed by atoms with Crippen LogP contribution in [-0.4, -0.2) is 12.9 Å². The zero-order valence-corrected chi connectivity index (χ0v) is 10.6. The van der Waals surface area contributed by atoms with Crippen LogP contribution in [0.1, 0.15) is 43.0 Å². The normalized spacial score (nSPS) is 10.7. The number of ether oxygens (including phenoxy) is 1. The van der Waals surface area contributed by atoms with Crippen molar-refractivity contribution in [3.05, 3.63) is 42.0 Å². The standard InChI is InChI=1S/C15H20O2/c1-3-4-5-6-7-11-15(16)13-9-8-10-14(12-13)17-2/h6-10,12H,3-5,11H2,1-2H3/b7-6-. The third kappa shape index (κ3) is 4.85. The highest BCUT2D eigenvalue weighted by atomic mass is 16.5. The van der Waals surface area contributed by atoms with Gasteiger partial charge in [0.05, 0.1) is 7.11 Å². The second-order valence-electron chi connectivity index (χ2n) is 3.97. The van der Waals surface area contributed by atoms with Gasteiger partial charge >= 0.3 is 0 Å². The van der Waals surface area contributed by atoms with Gasteiger partial charge < -0.3 is 4.74 Å². The molecule has 0 atom stereocenters. The van der Waals surface area contributed by atoms with Crippen LogP contribution in [-0.2, 0) is 0 Å². The van der Waals surface area contributed by atoms with Crippen LogP contribution in [0, 0.1) is 0 Å². The highest BCUT2D eigenvalue weighted by Crippen LogP contribution is 2.14. The Hall–Kier alpha value is -1.57. The van der Waals surface area contributed by atoms with Gasteiger partial charge in [-0.15, -0.1) is 0 Å². The van der Waals surface area contributed by atoms with Crippen molar-refractivity contribution in [1.29, 1.82) is 0 Å². The summed E-state index contributed by atoms with van der Waals surface area (Å²) in [5, 5.41) is 0. The van der Waals surface area contributed by atoms with Gasteiger partial charge in [0.15, 0.2) is 5.78 Å². The van der Waals surface area contributed by atoms with Crippen LogP contribution in [0.15, 0.2) is 36.4 Å². The van der Waals surface area contributed by atoms with Crippen molar-refractivity contribution < 1.29 is 9.53 Å². The third-order valence-corrected chi connectivity index (χ3v) is 2.59. The second-order valence-corrected chi connectivity index (χ2v) is 3.97. The van der Waals surface area contributed by atoms with Gasteiger partial charge in [0.2, 0.25) is 0 Å². The molecule has 1 aromatic carbocycles. The Balaban J connectivity index is 2.49. The number of benzene rings is 1. The van der Waals surface area contributed by atoms with Crippen molar-refractivity contribution in [2.24, 2.45) is 0 Å². The molecule has 0 radical (unpaired) electrons. The molecule has 0 aliphatic heterocycles. The maximum Gasteiger partial charge on any atom is 0.166 e. The van der Waals surface area contributed by atoms with E-state index in [-0.39, 0.29) is 5.78 Å². The van der Waals surface area contributed by atoms with Gasteiger partial charge in [-0.25, -0.2) is 0 Å². The fraction of sp³-hybridized carbons (Fsp3) is 0.400. The molecule has 2 heteroatoms. The maximum absolute atomic E-state index is 11.8. The van der Waals surface area contributed by atoms with Gasteiger partial charge in [-0.1, -0.05) is 44.1 Å². The molecule has 0 amide bonds. The van der Waals surface area contributed by atoms with E-state index in [9.17, 15) is 4.79 Å². The molecule has 1 rings (SSSR count). The Kier molecular flexibility index (Phi) is 6.08. The molecule has 0 bridgehead atoms. The Morgan fingerprint density at radius 3 is 2.88 bits per heavy atom. The number of allylic oxidation sites excluding steroid dienone is 2. The molecule has 0 unspecified atom stereocenters. The predicted molar refractivity (Wildman–Crippen MR) is 70.6 cm³/mol. The number of methoxy groups -OCH3 is 1. The minimum Gasteiger partial charge on any atom is -0.497 e. The highest BCUT2D eigenvalue weighted by Gasteiger charge is 2.04. The topological polar surface area (TPSA) is 26.3 Å². The predicted octanol–water partition coefficient (Wildman–Crippen LogP) is 4.01. The molecule has 17 heavy (non-hydrogen) atoms. The van der Waals surface area contributed by atoms with Crippen LogP contribution in [0.4, 0.5) is 0 Å². The van der Waals surface area contributed by atoms with E-state index >= 15 is 0 Å². The Bertz CT molecular complexity index is 380. The lowest BCUT2D eigenvalue weighted by Gasteiger charge is -2.02. The van der Waals surface area contributed by atoms with Gasteiger partial charge in [-0.3, -0.25) is 4.79 Å². The number of rotatable bonds is 7. The molecule has 0 aliphatic rings. The summed E-state index contributed by atoms with van der Waals surface area (Å²) in [7, 11) is 1.61. The van der Waals surface area contributed by atoms with Crippen LogP contribution < -0.4 is 4.74 Å². The van der Waals surface area contributed by atoms with Crippen molar-refractivity contribution in [3.8, 4) is 5.75 Å². The average molecular weight is 232 g/mol. The van der Waals surface area contributed by atoms with Crippen molar-refractivity contribution >= 4 is 5.78 Å². The van der Waals surface area contributed by atoms with Gasteiger partial charge in [-0.05, 0) is 18.6 Å². The summed E-state index contributed by atoms with van der Waals surface area (Å²) in [6.07, 6.45) is 7.94. The molecule has 0 aliphatic carbocycles. The van der Waals surface area contributed by atoms with Gasteiger partial charge in [0, 0.05) is 12.0 Å². The van der Waals surface area contributed by atoms with Crippen LogP contribution in [0.5, 0.6) is 5.75 Å². The van der Waals surface area contributed by atoms with Crippen LogP contribution in [0.3, 0.4) is 0 Å². The first kappa shape index (κ1) is 13.5. The second kappa shape index (κ2) is 7.66. The lowest BCUT2D eigenvalue weighted by molar-refractivity contribution is 0.0995. The van der Waals surface area contributed by atoms with Crippen molar-refractivity contribution in [3.63, 3.8) is 0 Å². The number of hydrogen-bond donors (Lipinski definition) is 0. The third-order valence-electron chi connectivity index (χ3n) is 2.59. The summed E-state index contributed by atoms with van der Waals surface area (Å²) in [4.78, 5) is 11.8. The summed E-state index contributed by atoms with van der Waals surface area (Å²) in [5.41, 5.74) is 0.712. The molecule has 0 saturated heterocycles. The first-order valence-corrected chi connectivity index (χ1v) is 6.10. The van der Waals surface area contributed by atoms with E-state index in [0.717, 1.165) is 12.2 Å². The molecule has 0 saturated carbocycles. The monoisotopic (exact) mass is 232 g/mol. The van der Waals surface area contributed by atoms with E-state index in [1.807, 2.05) is 24.3 Å². The van der Waals surface area contributed by atoms with E-state index in [1.54, 1.807) is 13.2 Å². The summed E-state index contributed by atoms with van der Waals surface area (Å²) in [6.45, 7) is 2.16. The van der Waals surface area contributed by atoms with Gasteiger partial charge in [0.25, 0.3) is 0 Å². The number of unbranched alkanes of at least 4 members (excludes halogenated alkanes) is 2. The Morgan fingerprint density at radius 1 is 1.35 bits per heavy atom. The van der Waals surface area contributed by atoms with Gasteiger partial charge in [-0.2, -0.15) is 0 Å². The van der Waals surface area contributed by atoms with E-state index < -0.39 is 0 Å². The number of carbonyl (C=O) groups is 1. The van der Waals surface area contributed by atoms with Gasteiger partial charge in [0.1, 0.15) is 5.75 Å². The Morgan fingerprint density at radius 2 is 2.18 bits per heavy atom. The summed E-state index contributed by atoms with van der Waals surface area (Å²) in [6, 6.07) is 7.29. The van der Waals surface area contributed by atoms with Crippen molar-refractivity contribution in [2.75, 3.05) is 7.11 Å². The molecule has 2 nitrogen and oxygen atoms in total. The zero-order chi connectivity index (χ0) is 12.5. The fourth-order valence-electron chi connectivity index (χ4n) is 1.54. The molecule has 1 aromatic rings. The minimum absolute atomic E-state index is 0.136. The molecule has 0 spiro atoms. The minimum atomic E-state index is 0.136. The summed E-state index contributed by atoms with van der Waals surface area (Å²) in [5.74, 6) is 0.863. The number of Topliss-reactive ketones (excluding diaryl/α,β-unsaturated/α-hetero) is 1. The van der Waals surface area contributed by atoms with E-state index in [2.05, 4.69) is 13.0 Å². The number of ketones is 1. The average Bonchev–Trinajstić information content (AvgIpc) is 2.38. The fourth-order valence-corrected chi connectivity index (χ4v) is 1.54. The number of carbonyl (C=O) groups excluding carboxylic acids is 1. The largest absolute Gasteiger partial charge is 0.497 e. The molecule has 0 fully saturated rings. The molecular weight excluding hydrogens is 212 g/mol. The maximum atomic E-state index is 11.8. The smallest absolute Gasteiger partial charge is 0.166 e. The first-order chi connectivity index (χ1) is 8.27. The molecule has 0 N–H and O–H groups in total. The SMILES string of the molecule is CCCC/C=C\CC(=O)c1cccc(OC)c1. The first-order valence-electron chi connectivity index (χ1n) is 6.10. The van der Waals surface area contributed by atoms with Crippen LogP contribution in [0.25, 0.3) is 0 Å².